The second-order valence-corrected chi connectivity index (χ2v) is 7.01. The van der Waals surface area contributed by atoms with Crippen molar-refractivity contribution in [1.82, 2.24) is 19.5 Å². The Labute approximate surface area is 172 Å². The molecule has 6 N–H and O–H groups in total. The third-order valence-electron chi connectivity index (χ3n) is 5.07. The van der Waals surface area contributed by atoms with Crippen molar-refractivity contribution in [2.45, 2.75) is 31.0 Å². The highest BCUT2D eigenvalue weighted by Gasteiger charge is 2.44. The third kappa shape index (κ3) is 3.75. The lowest BCUT2D eigenvalue weighted by molar-refractivity contribution is -0.0511. The van der Waals surface area contributed by atoms with E-state index in [-0.39, 0.29) is 5.95 Å². The Balaban J connectivity index is 1.55. The SMILES string of the molecule is COc1cccc(CCNc2nc(N)nc3c2ncn3C2O[C@H](CO)[C@@H](O)[C@H]2O)c1. The number of fused-ring (bicyclic) bond motifs is 1. The minimum atomic E-state index is -1.25. The van der Waals surface area contributed by atoms with E-state index in [4.69, 9.17) is 15.2 Å². The molecule has 0 amide bonds. The Morgan fingerprint density at radius 1 is 1.27 bits per heavy atom. The van der Waals surface area contributed by atoms with Gasteiger partial charge in [-0.3, -0.25) is 4.57 Å². The summed E-state index contributed by atoms with van der Waals surface area (Å²) in [6.07, 6.45) is -2.18. The second kappa shape index (κ2) is 8.40. The number of nitrogens with two attached hydrogens (primary N) is 1. The van der Waals surface area contributed by atoms with Gasteiger partial charge in [0, 0.05) is 6.54 Å². The number of benzene rings is 1. The number of aromatic nitrogens is 4. The number of nitrogens with one attached hydrogen (secondary N) is 1. The van der Waals surface area contributed by atoms with E-state index in [0.29, 0.717) is 23.5 Å². The smallest absolute Gasteiger partial charge is 0.224 e. The Bertz CT molecular complexity index is 1030. The van der Waals surface area contributed by atoms with Crippen molar-refractivity contribution in [2.24, 2.45) is 0 Å². The molecule has 160 valence electrons. The molecule has 1 saturated heterocycles. The summed E-state index contributed by atoms with van der Waals surface area (Å²) >= 11 is 0. The molecule has 2 aromatic heterocycles. The number of methoxy groups -OCH3 is 1. The summed E-state index contributed by atoms with van der Waals surface area (Å²) in [6, 6.07) is 7.78. The van der Waals surface area contributed by atoms with Gasteiger partial charge in [-0.05, 0) is 24.1 Å². The maximum atomic E-state index is 10.3. The van der Waals surface area contributed by atoms with Crippen molar-refractivity contribution >= 4 is 22.9 Å². The number of nitrogen functional groups attached to an aromatic ring is 1. The molecule has 11 nitrogen and oxygen atoms in total. The summed E-state index contributed by atoms with van der Waals surface area (Å²) in [4.78, 5) is 12.8. The van der Waals surface area contributed by atoms with E-state index in [0.717, 1.165) is 17.7 Å². The molecule has 3 heterocycles. The molecule has 4 rings (SSSR count). The standard InChI is InChI=1S/C19H24N6O5/c1-29-11-4-2-3-10(7-11)5-6-21-16-13-17(24-19(20)23-16)25(9-22-13)18-15(28)14(27)12(8-26)30-18/h2-4,7,9,12,14-15,18,26-28H,5-6,8H2,1H3,(H3,20,21,23,24)/t12-,14-,15-,18?/m1/s1. The number of aliphatic hydroxyl groups is 3. The van der Waals surface area contributed by atoms with Gasteiger partial charge >= 0.3 is 0 Å². The lowest BCUT2D eigenvalue weighted by atomic mass is 10.1. The van der Waals surface area contributed by atoms with Crippen LogP contribution in [-0.4, -0.2) is 73.4 Å². The van der Waals surface area contributed by atoms with E-state index in [2.05, 4.69) is 20.3 Å². The van der Waals surface area contributed by atoms with Crippen LogP contribution in [0.3, 0.4) is 0 Å². The van der Waals surface area contributed by atoms with Gasteiger partial charge in [-0.15, -0.1) is 0 Å². The fraction of sp³-hybridized carbons (Fsp3) is 0.421. The number of hydrogen-bond acceptors (Lipinski definition) is 10. The molecular formula is C19H24N6O5. The zero-order chi connectivity index (χ0) is 21.3. The topological polar surface area (TPSA) is 161 Å². The summed E-state index contributed by atoms with van der Waals surface area (Å²) in [6.45, 7) is 0.148. The number of nitrogens with zero attached hydrogens (tertiary/aromatic N) is 4. The van der Waals surface area contributed by atoms with Crippen LogP contribution in [0.4, 0.5) is 11.8 Å². The van der Waals surface area contributed by atoms with Gasteiger partial charge in [-0.1, -0.05) is 12.1 Å². The normalized spacial score (nSPS) is 23.7. The van der Waals surface area contributed by atoms with Gasteiger partial charge in [-0.25, -0.2) is 4.98 Å². The van der Waals surface area contributed by atoms with Gasteiger partial charge in [0.1, 0.15) is 24.1 Å². The monoisotopic (exact) mass is 416 g/mol. The quantitative estimate of drug-likeness (QED) is 0.345. The average molecular weight is 416 g/mol. The minimum absolute atomic E-state index is 0.0277. The third-order valence-corrected chi connectivity index (χ3v) is 5.07. The van der Waals surface area contributed by atoms with Crippen LogP contribution in [0.25, 0.3) is 11.2 Å². The predicted octanol–water partition coefficient (Wildman–Crippen LogP) is -0.317. The van der Waals surface area contributed by atoms with Crippen LogP contribution in [0, 0.1) is 0 Å². The molecule has 30 heavy (non-hydrogen) atoms. The molecule has 1 aromatic carbocycles. The largest absolute Gasteiger partial charge is 0.497 e. The molecule has 1 aliphatic rings. The van der Waals surface area contributed by atoms with Crippen LogP contribution >= 0.6 is 0 Å². The molecule has 0 saturated carbocycles. The Morgan fingerprint density at radius 2 is 2.10 bits per heavy atom. The number of anilines is 2. The maximum absolute atomic E-state index is 10.3. The highest BCUT2D eigenvalue weighted by molar-refractivity contribution is 5.84. The lowest BCUT2D eigenvalue weighted by Crippen LogP contribution is -2.33. The van der Waals surface area contributed by atoms with Gasteiger partial charge in [0.15, 0.2) is 23.2 Å². The molecular weight excluding hydrogens is 392 g/mol. The molecule has 3 aromatic rings. The fourth-order valence-electron chi connectivity index (χ4n) is 3.51. The average Bonchev–Trinajstić information content (AvgIpc) is 3.29. The van der Waals surface area contributed by atoms with Gasteiger partial charge < -0.3 is 35.8 Å². The summed E-state index contributed by atoms with van der Waals surface area (Å²) in [7, 11) is 1.63. The zero-order valence-electron chi connectivity index (χ0n) is 16.3. The van der Waals surface area contributed by atoms with Gasteiger partial charge in [-0.2, -0.15) is 9.97 Å². The van der Waals surface area contributed by atoms with Gasteiger partial charge in [0.2, 0.25) is 5.95 Å². The first-order valence-electron chi connectivity index (χ1n) is 9.51. The number of ether oxygens (including phenoxy) is 2. The Morgan fingerprint density at radius 3 is 2.83 bits per heavy atom. The highest BCUT2D eigenvalue weighted by Crippen LogP contribution is 2.32. The number of aliphatic hydroxyl groups excluding tert-OH is 3. The molecule has 1 aliphatic heterocycles. The summed E-state index contributed by atoms with van der Waals surface area (Å²) in [5.41, 5.74) is 7.77. The molecule has 11 heteroatoms. The molecule has 0 radical (unpaired) electrons. The van der Waals surface area contributed by atoms with Crippen molar-refractivity contribution in [3.8, 4) is 5.75 Å². The minimum Gasteiger partial charge on any atom is -0.497 e. The highest BCUT2D eigenvalue weighted by atomic mass is 16.6. The van der Waals surface area contributed by atoms with E-state index in [1.165, 1.54) is 10.9 Å². The Hall–Kier alpha value is -2.99. The molecule has 0 aliphatic carbocycles. The van der Waals surface area contributed by atoms with Crippen LogP contribution < -0.4 is 15.8 Å². The van der Waals surface area contributed by atoms with Crippen LogP contribution in [0.5, 0.6) is 5.75 Å². The van der Waals surface area contributed by atoms with Crippen molar-refractivity contribution in [1.29, 1.82) is 0 Å². The molecule has 1 fully saturated rings. The lowest BCUT2D eigenvalue weighted by Gasteiger charge is -2.16. The van der Waals surface area contributed by atoms with E-state index in [1.807, 2.05) is 24.3 Å². The first kappa shape index (κ1) is 20.3. The van der Waals surface area contributed by atoms with Crippen molar-refractivity contribution in [2.75, 3.05) is 31.3 Å². The molecule has 0 spiro atoms. The Kier molecular flexibility index (Phi) is 5.68. The van der Waals surface area contributed by atoms with E-state index in [9.17, 15) is 15.3 Å². The fourth-order valence-corrected chi connectivity index (χ4v) is 3.51. The van der Waals surface area contributed by atoms with Crippen molar-refractivity contribution < 1.29 is 24.8 Å². The van der Waals surface area contributed by atoms with Crippen LogP contribution in [0.1, 0.15) is 11.8 Å². The van der Waals surface area contributed by atoms with E-state index in [1.54, 1.807) is 7.11 Å². The first-order chi connectivity index (χ1) is 14.5. The maximum Gasteiger partial charge on any atom is 0.224 e. The molecule has 1 unspecified atom stereocenters. The van der Waals surface area contributed by atoms with Crippen LogP contribution in [0.2, 0.25) is 0 Å². The summed E-state index contributed by atoms with van der Waals surface area (Å²) in [5, 5.41) is 32.9. The summed E-state index contributed by atoms with van der Waals surface area (Å²) in [5.74, 6) is 1.27. The van der Waals surface area contributed by atoms with Gasteiger partial charge in [0.05, 0.1) is 20.0 Å². The zero-order valence-corrected chi connectivity index (χ0v) is 16.3. The number of rotatable bonds is 7. The van der Waals surface area contributed by atoms with E-state index < -0.39 is 31.1 Å². The van der Waals surface area contributed by atoms with Crippen LogP contribution in [0.15, 0.2) is 30.6 Å². The molecule has 4 atom stereocenters. The van der Waals surface area contributed by atoms with Gasteiger partial charge in [0.25, 0.3) is 0 Å². The summed E-state index contributed by atoms with van der Waals surface area (Å²) < 4.78 is 12.3. The van der Waals surface area contributed by atoms with Crippen molar-refractivity contribution in [3.05, 3.63) is 36.2 Å². The predicted molar refractivity (Wildman–Crippen MR) is 108 cm³/mol. The molecule has 0 bridgehead atoms. The second-order valence-electron chi connectivity index (χ2n) is 7.01. The number of imidazole rings is 1. The van der Waals surface area contributed by atoms with Crippen molar-refractivity contribution in [3.63, 3.8) is 0 Å². The van der Waals surface area contributed by atoms with E-state index >= 15 is 0 Å². The number of hydrogen-bond donors (Lipinski definition) is 5. The van der Waals surface area contributed by atoms with Crippen LogP contribution in [-0.2, 0) is 11.2 Å². The first-order valence-corrected chi connectivity index (χ1v) is 9.51.